The third-order valence-electron chi connectivity index (χ3n) is 3.24. The number of aromatic nitrogens is 3. The van der Waals surface area contributed by atoms with E-state index in [9.17, 15) is 19.8 Å². The van der Waals surface area contributed by atoms with Gasteiger partial charge < -0.3 is 30.1 Å². The topological polar surface area (TPSA) is 159 Å². The minimum Gasteiger partial charge on any atom is -0.468 e. The van der Waals surface area contributed by atoms with Crippen LogP contribution in [0.4, 0.5) is 5.82 Å². The van der Waals surface area contributed by atoms with Crippen molar-refractivity contribution in [2.75, 3.05) is 25.6 Å². The van der Waals surface area contributed by atoms with E-state index in [1.54, 1.807) is 0 Å². The highest BCUT2D eigenvalue weighted by Crippen LogP contribution is 2.28. The summed E-state index contributed by atoms with van der Waals surface area (Å²) in [6.45, 7) is -0.821. The lowest BCUT2D eigenvalue weighted by molar-refractivity contribution is -0.138. The zero-order chi connectivity index (χ0) is 17.1. The fourth-order valence-electron chi connectivity index (χ4n) is 2.01. The second-order valence-electron chi connectivity index (χ2n) is 4.71. The highest BCUT2D eigenvalue weighted by molar-refractivity contribution is 7.71. The number of nitrogens with one attached hydrogen (secondary N) is 2. The molecule has 0 spiro atoms. The van der Waals surface area contributed by atoms with E-state index < -0.39 is 42.7 Å². The van der Waals surface area contributed by atoms with Crippen LogP contribution < -0.4 is 10.9 Å². The Morgan fingerprint density at radius 3 is 2.78 bits per heavy atom. The van der Waals surface area contributed by atoms with Crippen LogP contribution in [0.25, 0.3) is 0 Å². The quantitative estimate of drug-likeness (QED) is 0.284. The molecule has 1 aliphatic heterocycles. The van der Waals surface area contributed by atoms with Crippen molar-refractivity contribution in [1.82, 2.24) is 14.8 Å². The van der Waals surface area contributed by atoms with Gasteiger partial charge in [-0.15, -0.1) is 5.10 Å². The zero-order valence-electron chi connectivity index (χ0n) is 12.0. The molecular formula is C11H16N4O7S. The van der Waals surface area contributed by atoms with Crippen LogP contribution in [0.2, 0.25) is 0 Å². The molecule has 0 unspecified atom stereocenters. The van der Waals surface area contributed by atoms with Gasteiger partial charge in [0.15, 0.2) is 11.0 Å². The summed E-state index contributed by atoms with van der Waals surface area (Å²) in [5.41, 5.74) is -0.679. The van der Waals surface area contributed by atoms with Crippen LogP contribution in [0.15, 0.2) is 4.79 Å². The van der Waals surface area contributed by atoms with E-state index in [-0.39, 0.29) is 17.1 Å². The van der Waals surface area contributed by atoms with E-state index in [2.05, 4.69) is 20.1 Å². The SMILES string of the molecule is COC(=O)CNc1nn([C@@H]2O[C@@H](CO)[C@@H](O)[C@H]2O)c(=S)[nH]c1=O. The highest BCUT2D eigenvalue weighted by Gasteiger charge is 2.44. The van der Waals surface area contributed by atoms with Gasteiger partial charge >= 0.3 is 5.97 Å². The second-order valence-corrected chi connectivity index (χ2v) is 5.10. The lowest BCUT2D eigenvalue weighted by atomic mass is 10.1. The number of aliphatic hydroxyl groups is 3. The second kappa shape index (κ2) is 7.14. The molecule has 0 aromatic carbocycles. The summed E-state index contributed by atoms with van der Waals surface area (Å²) >= 11 is 4.95. The molecule has 4 atom stereocenters. The van der Waals surface area contributed by atoms with Gasteiger partial charge in [-0.2, -0.15) is 0 Å². The maximum atomic E-state index is 11.8. The molecule has 0 saturated carbocycles. The minimum atomic E-state index is -1.41. The van der Waals surface area contributed by atoms with Gasteiger partial charge in [0.25, 0.3) is 5.56 Å². The first-order valence-corrected chi connectivity index (χ1v) is 6.96. The Kier molecular flexibility index (Phi) is 5.43. The van der Waals surface area contributed by atoms with Crippen LogP contribution in [0, 0.1) is 4.77 Å². The lowest BCUT2D eigenvalue weighted by Crippen LogP contribution is -2.34. The first-order chi connectivity index (χ1) is 10.9. The van der Waals surface area contributed by atoms with Gasteiger partial charge in [-0.1, -0.05) is 0 Å². The molecule has 128 valence electrons. The fraction of sp³-hybridized carbons (Fsp3) is 0.636. The molecule has 0 bridgehead atoms. The van der Waals surface area contributed by atoms with Crippen molar-refractivity contribution in [2.45, 2.75) is 24.5 Å². The fourth-order valence-corrected chi connectivity index (χ4v) is 2.25. The molecule has 12 heteroatoms. The first-order valence-electron chi connectivity index (χ1n) is 6.55. The third-order valence-corrected chi connectivity index (χ3v) is 3.53. The smallest absolute Gasteiger partial charge is 0.325 e. The van der Waals surface area contributed by atoms with E-state index in [0.717, 1.165) is 4.68 Å². The van der Waals surface area contributed by atoms with Crippen molar-refractivity contribution in [3.63, 3.8) is 0 Å². The molecule has 1 fully saturated rings. The molecule has 11 nitrogen and oxygen atoms in total. The molecule has 0 radical (unpaired) electrons. The summed E-state index contributed by atoms with van der Waals surface area (Å²) < 4.78 is 10.5. The molecule has 1 aliphatic rings. The van der Waals surface area contributed by atoms with Crippen molar-refractivity contribution in [3.05, 3.63) is 15.1 Å². The summed E-state index contributed by atoms with van der Waals surface area (Å²) in [5.74, 6) is -0.866. The zero-order valence-corrected chi connectivity index (χ0v) is 12.8. The van der Waals surface area contributed by atoms with E-state index in [0.29, 0.717) is 0 Å². The molecule has 0 aliphatic carbocycles. The summed E-state index contributed by atoms with van der Waals surface area (Å²) in [6, 6.07) is 0. The van der Waals surface area contributed by atoms with E-state index in [4.69, 9.17) is 22.1 Å². The van der Waals surface area contributed by atoms with Crippen molar-refractivity contribution < 1.29 is 29.6 Å². The van der Waals surface area contributed by atoms with Crippen LogP contribution in [0.1, 0.15) is 6.23 Å². The summed E-state index contributed by atoms with van der Waals surface area (Å²) in [7, 11) is 1.19. The summed E-state index contributed by atoms with van der Waals surface area (Å²) in [5, 5.41) is 35.2. The number of hydrogen-bond acceptors (Lipinski definition) is 10. The van der Waals surface area contributed by atoms with E-state index >= 15 is 0 Å². The molecular weight excluding hydrogens is 332 g/mol. The summed E-state index contributed by atoms with van der Waals surface area (Å²) in [4.78, 5) is 25.2. The van der Waals surface area contributed by atoms with Gasteiger partial charge in [-0.25, -0.2) is 4.68 Å². The van der Waals surface area contributed by atoms with Crippen LogP contribution in [0.3, 0.4) is 0 Å². The Labute approximate surface area is 134 Å². The summed E-state index contributed by atoms with van der Waals surface area (Å²) in [6.07, 6.45) is -4.97. The van der Waals surface area contributed by atoms with E-state index in [1.807, 2.05) is 0 Å². The lowest BCUT2D eigenvalue weighted by Gasteiger charge is -2.17. The number of ether oxygens (including phenoxy) is 2. The normalized spacial score (nSPS) is 27.0. The van der Waals surface area contributed by atoms with Gasteiger partial charge in [0.2, 0.25) is 5.82 Å². The number of hydrogen-bond donors (Lipinski definition) is 5. The molecule has 23 heavy (non-hydrogen) atoms. The minimum absolute atomic E-state index is 0.159. The monoisotopic (exact) mass is 348 g/mol. The number of carbonyl (C=O) groups excluding carboxylic acids is 1. The molecule has 5 N–H and O–H groups in total. The number of anilines is 1. The van der Waals surface area contributed by atoms with Crippen LogP contribution in [0.5, 0.6) is 0 Å². The number of methoxy groups -OCH3 is 1. The Morgan fingerprint density at radius 2 is 2.22 bits per heavy atom. The van der Waals surface area contributed by atoms with Crippen LogP contribution in [-0.2, 0) is 14.3 Å². The highest BCUT2D eigenvalue weighted by atomic mass is 32.1. The molecule has 1 saturated heterocycles. The molecule has 2 heterocycles. The number of esters is 1. The van der Waals surface area contributed by atoms with Crippen LogP contribution in [-0.4, -0.2) is 74.6 Å². The number of aliphatic hydroxyl groups excluding tert-OH is 3. The largest absolute Gasteiger partial charge is 0.468 e. The number of rotatable bonds is 5. The van der Waals surface area contributed by atoms with Gasteiger partial charge in [0, 0.05) is 0 Å². The predicted octanol–water partition coefficient (Wildman–Crippen LogP) is -2.50. The maximum Gasteiger partial charge on any atom is 0.325 e. The molecule has 0 amide bonds. The van der Waals surface area contributed by atoms with Crippen LogP contribution >= 0.6 is 12.2 Å². The molecule has 1 aromatic heterocycles. The standard InChI is InChI=1S/C11H16N4O7S/c1-21-5(17)2-12-8-9(20)13-11(23)15(14-8)10-7(19)6(18)4(3-16)22-10/h4,6-7,10,16,18-19H,2-3H2,1H3,(H,12,14)(H,13,20,23)/t4-,6+,7+,10+/m0/s1. The van der Waals surface area contributed by atoms with Crippen molar-refractivity contribution >= 4 is 24.0 Å². The van der Waals surface area contributed by atoms with Crippen molar-refractivity contribution in [3.8, 4) is 0 Å². The number of carbonyl (C=O) groups is 1. The van der Waals surface area contributed by atoms with Crippen molar-refractivity contribution in [2.24, 2.45) is 0 Å². The third kappa shape index (κ3) is 3.56. The Bertz CT molecular complexity index is 690. The number of aromatic amines is 1. The Balaban J connectivity index is 2.31. The maximum absolute atomic E-state index is 11.8. The Morgan fingerprint density at radius 1 is 1.52 bits per heavy atom. The van der Waals surface area contributed by atoms with Crippen molar-refractivity contribution in [1.29, 1.82) is 0 Å². The van der Waals surface area contributed by atoms with Gasteiger partial charge in [-0.3, -0.25) is 14.6 Å². The molecule has 1 aromatic rings. The Hall–Kier alpha value is -1.86. The van der Waals surface area contributed by atoms with Gasteiger partial charge in [0.1, 0.15) is 24.9 Å². The number of H-pyrrole nitrogens is 1. The van der Waals surface area contributed by atoms with Gasteiger partial charge in [-0.05, 0) is 12.2 Å². The average Bonchev–Trinajstić information content (AvgIpc) is 2.81. The first kappa shape index (κ1) is 17.5. The van der Waals surface area contributed by atoms with E-state index in [1.165, 1.54) is 7.11 Å². The number of nitrogens with zero attached hydrogens (tertiary/aromatic N) is 2. The average molecular weight is 348 g/mol. The van der Waals surface area contributed by atoms with Gasteiger partial charge in [0.05, 0.1) is 13.7 Å². The predicted molar refractivity (Wildman–Crippen MR) is 77.2 cm³/mol. The molecule has 2 rings (SSSR count).